The molecule has 156 valence electrons. The highest BCUT2D eigenvalue weighted by atomic mass is 127. The number of aromatic hydroxyl groups is 1. The normalized spacial score (nSPS) is 21.1. The highest BCUT2D eigenvalue weighted by molar-refractivity contribution is 14.1. The van der Waals surface area contributed by atoms with Gasteiger partial charge in [0.05, 0.1) is 16.2 Å². The number of thiophene rings is 1. The molecule has 0 bridgehead atoms. The molecule has 0 spiro atoms. The van der Waals surface area contributed by atoms with Crippen LogP contribution < -0.4 is 15.4 Å². The van der Waals surface area contributed by atoms with E-state index in [1.807, 2.05) is 6.07 Å². The maximum atomic E-state index is 13.0. The number of hydrogen-bond acceptors (Lipinski definition) is 5. The van der Waals surface area contributed by atoms with Crippen LogP contribution in [0.3, 0.4) is 0 Å². The van der Waals surface area contributed by atoms with Crippen molar-refractivity contribution >= 4 is 44.8 Å². The first-order valence-electron chi connectivity index (χ1n) is 10.0. The van der Waals surface area contributed by atoms with Crippen LogP contribution in [0.5, 0.6) is 11.5 Å². The Bertz CT molecular complexity index is 969. The third kappa shape index (κ3) is 3.60. The highest BCUT2D eigenvalue weighted by Crippen LogP contribution is 2.47. The number of nitrogens with one attached hydrogen (secondary N) is 2. The highest BCUT2D eigenvalue weighted by Gasteiger charge is 2.37. The van der Waals surface area contributed by atoms with E-state index < -0.39 is 0 Å². The molecular formula is C22H27IN2O3S. The van der Waals surface area contributed by atoms with Crippen LogP contribution in [0.4, 0.5) is 5.00 Å². The van der Waals surface area contributed by atoms with Crippen LogP contribution in [-0.4, -0.2) is 18.1 Å². The Balaban J connectivity index is 1.65. The van der Waals surface area contributed by atoms with Crippen molar-refractivity contribution in [1.29, 1.82) is 0 Å². The van der Waals surface area contributed by atoms with Gasteiger partial charge in [0.15, 0.2) is 11.5 Å². The summed E-state index contributed by atoms with van der Waals surface area (Å²) in [5.41, 5.74) is 3.24. The van der Waals surface area contributed by atoms with Crippen molar-refractivity contribution in [1.82, 2.24) is 5.32 Å². The molecule has 3 N–H and O–H groups in total. The third-order valence-corrected chi connectivity index (χ3v) is 8.67. The smallest absolute Gasteiger partial charge is 0.256 e. The van der Waals surface area contributed by atoms with E-state index in [-0.39, 0.29) is 17.8 Å². The molecule has 7 heteroatoms. The molecule has 0 unspecified atom stereocenters. The lowest BCUT2D eigenvalue weighted by Crippen LogP contribution is -2.38. The first-order chi connectivity index (χ1) is 13.7. The Morgan fingerprint density at radius 2 is 2.10 bits per heavy atom. The van der Waals surface area contributed by atoms with Gasteiger partial charge in [-0.05, 0) is 76.4 Å². The van der Waals surface area contributed by atoms with Crippen molar-refractivity contribution in [3.05, 3.63) is 37.3 Å². The molecule has 2 heterocycles. The molecule has 0 fully saturated rings. The standard InChI is InChI=1S/C22H27IN2O3S/c1-5-22(2,3)12-6-7-13-16(10-12)29-21-17(13)20(27)24-19(25-21)11-8-14(23)18(26)15(9-11)28-4/h8-9,12,19,25-26H,5-7,10H2,1-4H3,(H,24,27)/t12-,19-/m0/s1. The molecule has 5 nitrogen and oxygen atoms in total. The van der Waals surface area contributed by atoms with E-state index in [0.29, 0.717) is 20.7 Å². The van der Waals surface area contributed by atoms with Gasteiger partial charge in [0.25, 0.3) is 5.91 Å². The molecule has 0 saturated carbocycles. The second-order valence-electron chi connectivity index (χ2n) is 8.59. The fourth-order valence-corrected chi connectivity index (χ4v) is 6.32. The van der Waals surface area contributed by atoms with Crippen LogP contribution in [0.2, 0.25) is 0 Å². The summed E-state index contributed by atoms with van der Waals surface area (Å²) < 4.78 is 5.97. The van der Waals surface area contributed by atoms with Gasteiger partial charge >= 0.3 is 0 Å². The second kappa shape index (κ2) is 7.65. The molecule has 0 radical (unpaired) electrons. The molecule has 2 aliphatic rings. The molecule has 0 saturated heterocycles. The zero-order valence-corrected chi connectivity index (χ0v) is 20.2. The van der Waals surface area contributed by atoms with E-state index in [9.17, 15) is 9.90 Å². The van der Waals surface area contributed by atoms with Gasteiger partial charge in [-0.15, -0.1) is 11.3 Å². The number of rotatable bonds is 4. The number of phenolic OH excluding ortho intramolecular Hbond substituents is 1. The van der Waals surface area contributed by atoms with Gasteiger partial charge in [0.1, 0.15) is 11.2 Å². The van der Waals surface area contributed by atoms with Gasteiger partial charge in [0.2, 0.25) is 0 Å². The molecule has 29 heavy (non-hydrogen) atoms. The maximum absolute atomic E-state index is 13.0. The van der Waals surface area contributed by atoms with Crippen LogP contribution in [-0.2, 0) is 12.8 Å². The van der Waals surface area contributed by atoms with Gasteiger partial charge in [-0.2, -0.15) is 0 Å². The summed E-state index contributed by atoms with van der Waals surface area (Å²) in [6.45, 7) is 6.98. The van der Waals surface area contributed by atoms with Gasteiger partial charge in [-0.25, -0.2) is 0 Å². The third-order valence-electron chi connectivity index (χ3n) is 6.66. The van der Waals surface area contributed by atoms with Gasteiger partial charge in [-0.1, -0.05) is 27.2 Å². The van der Waals surface area contributed by atoms with Crippen molar-refractivity contribution < 1.29 is 14.6 Å². The summed E-state index contributed by atoms with van der Waals surface area (Å²) in [7, 11) is 1.53. The number of benzene rings is 1. The predicted molar refractivity (Wildman–Crippen MR) is 125 cm³/mol. The van der Waals surface area contributed by atoms with Crippen molar-refractivity contribution in [2.75, 3.05) is 12.4 Å². The lowest BCUT2D eigenvalue weighted by molar-refractivity contribution is 0.0934. The molecular weight excluding hydrogens is 499 g/mol. The zero-order chi connectivity index (χ0) is 20.9. The fourth-order valence-electron chi connectivity index (χ4n) is 4.34. The van der Waals surface area contributed by atoms with Crippen LogP contribution in [0, 0.1) is 14.9 Å². The number of methoxy groups -OCH3 is 1. The van der Waals surface area contributed by atoms with E-state index in [1.165, 1.54) is 24.0 Å². The number of phenols is 1. The molecule has 1 amide bonds. The molecule has 2 aromatic rings. The quantitative estimate of drug-likeness (QED) is 0.463. The summed E-state index contributed by atoms with van der Waals surface area (Å²) in [5.74, 6) is 1.16. The van der Waals surface area contributed by atoms with E-state index in [0.717, 1.165) is 35.4 Å². The largest absolute Gasteiger partial charge is 0.504 e. The summed E-state index contributed by atoms with van der Waals surface area (Å²) >= 11 is 3.81. The summed E-state index contributed by atoms with van der Waals surface area (Å²) in [5, 5.41) is 17.7. The van der Waals surface area contributed by atoms with E-state index in [4.69, 9.17) is 4.74 Å². The molecule has 1 aromatic carbocycles. The maximum Gasteiger partial charge on any atom is 0.256 e. The minimum atomic E-state index is -0.346. The van der Waals surface area contributed by atoms with Crippen LogP contribution in [0.1, 0.15) is 66.1 Å². The monoisotopic (exact) mass is 526 g/mol. The molecule has 1 aliphatic heterocycles. The Labute approximate surface area is 189 Å². The predicted octanol–water partition coefficient (Wildman–Crippen LogP) is 5.46. The Morgan fingerprint density at radius 1 is 1.34 bits per heavy atom. The number of halogens is 1. The Morgan fingerprint density at radius 3 is 2.79 bits per heavy atom. The van der Waals surface area contributed by atoms with Crippen molar-refractivity contribution in [3.63, 3.8) is 0 Å². The molecule has 1 aliphatic carbocycles. The summed E-state index contributed by atoms with van der Waals surface area (Å²) in [6.07, 6.45) is 3.99. The van der Waals surface area contributed by atoms with Gasteiger partial charge in [0, 0.05) is 4.88 Å². The van der Waals surface area contributed by atoms with Gasteiger partial charge in [-0.3, -0.25) is 4.79 Å². The number of amides is 1. The number of carbonyl (C=O) groups is 1. The van der Waals surface area contributed by atoms with E-state index in [2.05, 4.69) is 54.0 Å². The van der Waals surface area contributed by atoms with Crippen LogP contribution >= 0.6 is 33.9 Å². The van der Waals surface area contributed by atoms with Gasteiger partial charge < -0.3 is 20.5 Å². The van der Waals surface area contributed by atoms with Crippen LogP contribution in [0.25, 0.3) is 0 Å². The fraction of sp³-hybridized carbons (Fsp3) is 0.500. The zero-order valence-electron chi connectivity index (χ0n) is 17.2. The number of hydrogen-bond donors (Lipinski definition) is 3. The van der Waals surface area contributed by atoms with Crippen molar-refractivity contribution in [2.45, 2.75) is 52.6 Å². The number of fused-ring (bicyclic) bond motifs is 3. The minimum absolute atomic E-state index is 0.0171. The summed E-state index contributed by atoms with van der Waals surface area (Å²) in [6, 6.07) is 3.64. The SMILES string of the molecule is CCC(C)(C)[C@H]1CCc2c(sc3c2C(=O)N[C@H](c2cc(I)c(O)c(OC)c2)N3)C1. The average Bonchev–Trinajstić information content (AvgIpc) is 3.07. The number of carbonyl (C=O) groups excluding carboxylic acids is 1. The average molecular weight is 526 g/mol. The second-order valence-corrected chi connectivity index (χ2v) is 10.9. The number of ether oxygens (including phenoxy) is 1. The Kier molecular flexibility index (Phi) is 5.48. The van der Waals surface area contributed by atoms with Crippen molar-refractivity contribution in [2.24, 2.45) is 11.3 Å². The first kappa shape index (κ1) is 20.8. The summed E-state index contributed by atoms with van der Waals surface area (Å²) in [4.78, 5) is 14.4. The van der Waals surface area contributed by atoms with Crippen molar-refractivity contribution in [3.8, 4) is 11.5 Å². The first-order valence-corrected chi connectivity index (χ1v) is 11.9. The number of anilines is 1. The van der Waals surface area contributed by atoms with E-state index >= 15 is 0 Å². The lowest BCUT2D eigenvalue weighted by Gasteiger charge is -2.36. The molecule has 1 aromatic heterocycles. The minimum Gasteiger partial charge on any atom is -0.504 e. The molecule has 2 atom stereocenters. The van der Waals surface area contributed by atoms with E-state index in [1.54, 1.807) is 17.4 Å². The topological polar surface area (TPSA) is 70.6 Å². The molecule has 4 rings (SSSR count). The van der Waals surface area contributed by atoms with Crippen LogP contribution in [0.15, 0.2) is 12.1 Å². The Hall–Kier alpha value is -1.48. The lowest BCUT2D eigenvalue weighted by atomic mass is 9.69.